The van der Waals surface area contributed by atoms with E-state index in [1.54, 1.807) is 4.90 Å². The van der Waals surface area contributed by atoms with E-state index in [-0.39, 0.29) is 17.5 Å². The van der Waals surface area contributed by atoms with Gasteiger partial charge in [0.05, 0.1) is 5.56 Å². The predicted molar refractivity (Wildman–Crippen MR) is 91.7 cm³/mol. The lowest BCUT2D eigenvalue weighted by molar-refractivity contribution is 0.0472. The number of aromatic carboxylic acids is 1. The molecule has 0 radical (unpaired) electrons. The fourth-order valence-corrected chi connectivity index (χ4v) is 2.64. The topological polar surface area (TPSA) is 95.9 Å². The molecule has 0 aromatic heterocycles. The fraction of sp³-hybridized carbons (Fsp3) is 0.500. The molecular formula is C18H24N2O5. The van der Waals surface area contributed by atoms with E-state index in [4.69, 9.17) is 9.84 Å². The first kappa shape index (κ1) is 18.8. The van der Waals surface area contributed by atoms with E-state index in [1.165, 1.54) is 24.3 Å². The number of benzene rings is 1. The van der Waals surface area contributed by atoms with Gasteiger partial charge in [-0.15, -0.1) is 0 Å². The molecule has 0 aliphatic carbocycles. The van der Waals surface area contributed by atoms with E-state index in [0.29, 0.717) is 31.5 Å². The van der Waals surface area contributed by atoms with E-state index in [0.717, 1.165) is 0 Å². The SMILES string of the molecule is CC(C)(C)OC(=O)NC1CCN(C(=O)c2ccc(C(=O)O)cc2)CC1. The van der Waals surface area contributed by atoms with Crippen LogP contribution in [0.25, 0.3) is 0 Å². The minimum atomic E-state index is -1.02. The third-order valence-corrected chi connectivity index (χ3v) is 3.88. The summed E-state index contributed by atoms with van der Waals surface area (Å²) in [4.78, 5) is 36.8. The summed E-state index contributed by atoms with van der Waals surface area (Å²) in [6, 6.07) is 5.88. The first-order valence-electron chi connectivity index (χ1n) is 8.28. The normalized spacial score (nSPS) is 15.6. The molecule has 0 spiro atoms. The van der Waals surface area contributed by atoms with Crippen LogP contribution in [0.15, 0.2) is 24.3 Å². The predicted octanol–water partition coefficient (Wildman–Crippen LogP) is 2.51. The Hall–Kier alpha value is -2.57. The van der Waals surface area contributed by atoms with Crippen LogP contribution in [0, 0.1) is 0 Å². The highest BCUT2D eigenvalue weighted by Gasteiger charge is 2.26. The summed E-state index contributed by atoms with van der Waals surface area (Å²) in [6.07, 6.45) is 0.859. The van der Waals surface area contributed by atoms with Crippen molar-refractivity contribution in [1.29, 1.82) is 0 Å². The quantitative estimate of drug-likeness (QED) is 0.875. The second-order valence-corrected chi connectivity index (χ2v) is 7.10. The van der Waals surface area contributed by atoms with Crippen LogP contribution in [0.1, 0.15) is 54.3 Å². The minimum Gasteiger partial charge on any atom is -0.478 e. The summed E-state index contributed by atoms with van der Waals surface area (Å²) in [5.74, 6) is -1.15. The van der Waals surface area contributed by atoms with Gasteiger partial charge in [0.1, 0.15) is 5.60 Å². The molecule has 2 rings (SSSR count). The summed E-state index contributed by atoms with van der Waals surface area (Å²) >= 11 is 0. The third-order valence-electron chi connectivity index (χ3n) is 3.88. The molecular weight excluding hydrogens is 324 g/mol. The first-order chi connectivity index (χ1) is 11.7. The number of nitrogens with one attached hydrogen (secondary N) is 1. The molecule has 2 amide bonds. The van der Waals surface area contributed by atoms with Gasteiger partial charge in [-0.3, -0.25) is 4.79 Å². The molecule has 1 fully saturated rings. The largest absolute Gasteiger partial charge is 0.478 e. The number of piperidine rings is 1. The summed E-state index contributed by atoms with van der Waals surface area (Å²) in [5.41, 5.74) is 0.0726. The zero-order valence-corrected chi connectivity index (χ0v) is 14.7. The summed E-state index contributed by atoms with van der Waals surface area (Å²) < 4.78 is 5.24. The molecule has 25 heavy (non-hydrogen) atoms. The zero-order chi connectivity index (χ0) is 18.6. The Morgan fingerprint density at radius 2 is 1.60 bits per heavy atom. The number of carbonyl (C=O) groups excluding carboxylic acids is 2. The molecule has 1 saturated heterocycles. The number of amides is 2. The van der Waals surface area contributed by atoms with E-state index in [2.05, 4.69) is 5.32 Å². The summed E-state index contributed by atoms with van der Waals surface area (Å²) in [6.45, 7) is 6.48. The Bertz CT molecular complexity index is 640. The van der Waals surface area contributed by atoms with Crippen molar-refractivity contribution in [2.45, 2.75) is 45.3 Å². The van der Waals surface area contributed by atoms with E-state index < -0.39 is 17.7 Å². The highest BCUT2D eigenvalue weighted by Crippen LogP contribution is 2.16. The van der Waals surface area contributed by atoms with Crippen LogP contribution in [0.3, 0.4) is 0 Å². The van der Waals surface area contributed by atoms with Crippen LogP contribution in [-0.4, -0.2) is 52.7 Å². The van der Waals surface area contributed by atoms with E-state index >= 15 is 0 Å². The molecule has 0 saturated carbocycles. The maximum Gasteiger partial charge on any atom is 0.407 e. The van der Waals surface area contributed by atoms with Gasteiger partial charge in [-0.05, 0) is 57.9 Å². The number of alkyl carbamates (subject to hydrolysis) is 1. The van der Waals surface area contributed by atoms with Crippen molar-refractivity contribution < 1.29 is 24.2 Å². The number of nitrogens with zero attached hydrogens (tertiary/aromatic N) is 1. The highest BCUT2D eigenvalue weighted by atomic mass is 16.6. The monoisotopic (exact) mass is 348 g/mol. The molecule has 1 aliphatic rings. The maximum atomic E-state index is 12.5. The molecule has 136 valence electrons. The van der Waals surface area contributed by atoms with Gasteiger partial charge in [-0.25, -0.2) is 9.59 Å². The van der Waals surface area contributed by atoms with Crippen molar-refractivity contribution in [2.24, 2.45) is 0 Å². The van der Waals surface area contributed by atoms with Crippen molar-refractivity contribution in [3.63, 3.8) is 0 Å². The van der Waals surface area contributed by atoms with Gasteiger partial charge in [0, 0.05) is 24.7 Å². The third kappa shape index (κ3) is 5.48. The number of ether oxygens (including phenoxy) is 1. The van der Waals surface area contributed by atoms with Crippen LogP contribution in [0.5, 0.6) is 0 Å². The molecule has 0 unspecified atom stereocenters. The number of carboxylic acid groups (broad SMARTS) is 1. The smallest absolute Gasteiger partial charge is 0.407 e. The van der Waals surface area contributed by atoms with Crippen molar-refractivity contribution >= 4 is 18.0 Å². The molecule has 2 N–H and O–H groups in total. The van der Waals surface area contributed by atoms with Crippen molar-refractivity contribution in [3.8, 4) is 0 Å². The van der Waals surface area contributed by atoms with Crippen LogP contribution >= 0.6 is 0 Å². The number of carbonyl (C=O) groups is 3. The molecule has 1 aromatic carbocycles. The average Bonchev–Trinajstić information content (AvgIpc) is 2.53. The van der Waals surface area contributed by atoms with Gasteiger partial charge in [-0.2, -0.15) is 0 Å². The number of rotatable bonds is 3. The van der Waals surface area contributed by atoms with Crippen LogP contribution in [0.2, 0.25) is 0 Å². The highest BCUT2D eigenvalue weighted by molar-refractivity contribution is 5.96. The summed E-state index contributed by atoms with van der Waals surface area (Å²) in [7, 11) is 0. The van der Waals surface area contributed by atoms with Crippen LogP contribution in [0.4, 0.5) is 4.79 Å². The van der Waals surface area contributed by atoms with Crippen LogP contribution < -0.4 is 5.32 Å². The van der Waals surface area contributed by atoms with E-state index in [9.17, 15) is 14.4 Å². The Morgan fingerprint density at radius 1 is 1.08 bits per heavy atom. The maximum absolute atomic E-state index is 12.5. The van der Waals surface area contributed by atoms with Crippen molar-refractivity contribution in [2.75, 3.05) is 13.1 Å². The standard InChI is InChI=1S/C18H24N2O5/c1-18(2,3)25-17(24)19-14-8-10-20(11-9-14)15(21)12-4-6-13(7-5-12)16(22)23/h4-7,14H,8-11H2,1-3H3,(H,19,24)(H,22,23). The van der Waals surface area contributed by atoms with Gasteiger partial charge in [0.25, 0.3) is 5.91 Å². The molecule has 1 aliphatic heterocycles. The Morgan fingerprint density at radius 3 is 2.08 bits per heavy atom. The molecule has 1 aromatic rings. The molecule has 1 heterocycles. The molecule has 0 bridgehead atoms. The van der Waals surface area contributed by atoms with Crippen molar-refractivity contribution in [3.05, 3.63) is 35.4 Å². The van der Waals surface area contributed by atoms with Crippen LogP contribution in [-0.2, 0) is 4.74 Å². The number of hydrogen-bond acceptors (Lipinski definition) is 4. The Balaban J connectivity index is 1.86. The zero-order valence-electron chi connectivity index (χ0n) is 14.7. The summed E-state index contributed by atoms with van der Waals surface area (Å²) in [5, 5.41) is 11.7. The molecule has 7 nitrogen and oxygen atoms in total. The lowest BCUT2D eigenvalue weighted by atomic mass is 10.0. The lowest BCUT2D eigenvalue weighted by Gasteiger charge is -2.33. The van der Waals surface area contributed by atoms with Gasteiger partial charge < -0.3 is 20.1 Å². The second-order valence-electron chi connectivity index (χ2n) is 7.10. The lowest BCUT2D eigenvalue weighted by Crippen LogP contribution is -2.47. The number of hydrogen-bond donors (Lipinski definition) is 2. The first-order valence-corrected chi connectivity index (χ1v) is 8.28. The number of carboxylic acids is 1. The Labute approximate surface area is 147 Å². The molecule has 0 atom stereocenters. The average molecular weight is 348 g/mol. The molecule has 7 heteroatoms. The van der Waals surface area contributed by atoms with Crippen molar-refractivity contribution in [1.82, 2.24) is 10.2 Å². The van der Waals surface area contributed by atoms with Gasteiger partial charge in [0.2, 0.25) is 0 Å². The van der Waals surface area contributed by atoms with Gasteiger partial charge >= 0.3 is 12.1 Å². The number of likely N-dealkylation sites (tertiary alicyclic amines) is 1. The minimum absolute atomic E-state index is 0.0201. The van der Waals surface area contributed by atoms with E-state index in [1.807, 2.05) is 20.8 Å². The fourth-order valence-electron chi connectivity index (χ4n) is 2.64. The second kappa shape index (κ2) is 7.55. The van der Waals surface area contributed by atoms with Gasteiger partial charge in [-0.1, -0.05) is 0 Å². The Kier molecular flexibility index (Phi) is 5.66. The van der Waals surface area contributed by atoms with Gasteiger partial charge in [0.15, 0.2) is 0 Å².